The molecule has 0 unspecified atom stereocenters. The fourth-order valence-corrected chi connectivity index (χ4v) is 1.88. The van der Waals surface area contributed by atoms with Crippen molar-refractivity contribution in [1.29, 1.82) is 0 Å². The monoisotopic (exact) mass is 274 g/mol. The molecule has 106 valence electrons. The van der Waals surface area contributed by atoms with Gasteiger partial charge in [-0.25, -0.2) is 9.97 Å². The van der Waals surface area contributed by atoms with Crippen LogP contribution in [-0.2, 0) is 6.54 Å². The maximum atomic E-state index is 12.0. The van der Waals surface area contributed by atoms with Crippen LogP contribution in [0.4, 0.5) is 5.82 Å². The second-order valence-electron chi connectivity index (χ2n) is 4.39. The molecule has 0 aliphatic heterocycles. The Balaban J connectivity index is 2.27. The number of nitrogens with zero attached hydrogens (tertiary/aromatic N) is 3. The summed E-state index contributed by atoms with van der Waals surface area (Å²) in [6.45, 7) is 4.98. The molecule has 0 atom stereocenters. The normalized spacial score (nSPS) is 10.3. The van der Waals surface area contributed by atoms with Gasteiger partial charge in [0.15, 0.2) is 0 Å². The summed E-state index contributed by atoms with van der Waals surface area (Å²) >= 11 is 0. The third-order valence-corrected chi connectivity index (χ3v) is 2.81. The summed E-state index contributed by atoms with van der Waals surface area (Å²) in [5.41, 5.74) is 1.42. The average molecular weight is 274 g/mol. The van der Waals surface area contributed by atoms with Crippen molar-refractivity contribution >= 4 is 5.82 Å². The number of nitrogens with one attached hydrogen (secondary N) is 1. The molecule has 6 heteroatoms. The Labute approximate surface area is 117 Å². The van der Waals surface area contributed by atoms with Crippen LogP contribution >= 0.6 is 0 Å². The molecule has 2 rings (SSSR count). The van der Waals surface area contributed by atoms with Crippen molar-refractivity contribution in [1.82, 2.24) is 14.5 Å². The van der Waals surface area contributed by atoms with Crippen LogP contribution in [0.15, 0.2) is 29.2 Å². The van der Waals surface area contributed by atoms with Gasteiger partial charge in [-0.05, 0) is 25.5 Å². The quantitative estimate of drug-likeness (QED) is 0.893. The van der Waals surface area contributed by atoms with Gasteiger partial charge in [0, 0.05) is 24.5 Å². The van der Waals surface area contributed by atoms with Crippen molar-refractivity contribution in [3.8, 4) is 6.01 Å². The van der Waals surface area contributed by atoms with Crippen LogP contribution in [0.5, 0.6) is 6.01 Å². The molecule has 0 radical (unpaired) electrons. The summed E-state index contributed by atoms with van der Waals surface area (Å²) in [7, 11) is 1.50. The van der Waals surface area contributed by atoms with Crippen molar-refractivity contribution in [2.75, 3.05) is 19.0 Å². The van der Waals surface area contributed by atoms with Crippen LogP contribution < -0.4 is 15.6 Å². The Morgan fingerprint density at radius 1 is 1.40 bits per heavy atom. The molecular weight excluding hydrogens is 256 g/mol. The van der Waals surface area contributed by atoms with E-state index >= 15 is 0 Å². The van der Waals surface area contributed by atoms with E-state index in [1.165, 1.54) is 17.7 Å². The summed E-state index contributed by atoms with van der Waals surface area (Å²) in [5.74, 6) is 0.817. The molecule has 1 N–H and O–H groups in total. The van der Waals surface area contributed by atoms with Crippen molar-refractivity contribution in [2.45, 2.75) is 20.4 Å². The SMILES string of the molecule is CCNc1ccc(Cn2c(OC)nc(C)cc2=O)cn1. The lowest BCUT2D eigenvalue weighted by Crippen LogP contribution is -2.23. The van der Waals surface area contributed by atoms with Crippen molar-refractivity contribution in [3.63, 3.8) is 0 Å². The van der Waals surface area contributed by atoms with E-state index in [0.717, 1.165) is 17.9 Å². The van der Waals surface area contributed by atoms with Gasteiger partial charge in [-0.3, -0.25) is 9.36 Å². The van der Waals surface area contributed by atoms with E-state index in [0.29, 0.717) is 18.2 Å². The first-order valence-corrected chi connectivity index (χ1v) is 6.45. The predicted molar refractivity (Wildman–Crippen MR) is 77.3 cm³/mol. The number of anilines is 1. The number of aromatic nitrogens is 3. The highest BCUT2D eigenvalue weighted by Gasteiger charge is 2.08. The lowest BCUT2D eigenvalue weighted by atomic mass is 10.2. The van der Waals surface area contributed by atoms with E-state index in [-0.39, 0.29) is 5.56 Å². The average Bonchev–Trinajstić information content (AvgIpc) is 2.43. The highest BCUT2D eigenvalue weighted by molar-refractivity contribution is 5.35. The molecule has 20 heavy (non-hydrogen) atoms. The van der Waals surface area contributed by atoms with Crippen LogP contribution in [0, 0.1) is 6.92 Å². The van der Waals surface area contributed by atoms with Gasteiger partial charge < -0.3 is 10.1 Å². The number of rotatable bonds is 5. The molecule has 6 nitrogen and oxygen atoms in total. The van der Waals surface area contributed by atoms with Gasteiger partial charge in [-0.2, -0.15) is 0 Å². The number of pyridine rings is 1. The van der Waals surface area contributed by atoms with Gasteiger partial charge in [0.2, 0.25) is 0 Å². The van der Waals surface area contributed by atoms with E-state index in [4.69, 9.17) is 4.74 Å². The van der Waals surface area contributed by atoms with E-state index in [1.807, 2.05) is 19.1 Å². The Morgan fingerprint density at radius 2 is 2.20 bits per heavy atom. The molecule has 0 saturated heterocycles. The first-order chi connectivity index (χ1) is 9.63. The van der Waals surface area contributed by atoms with E-state index in [1.54, 1.807) is 13.1 Å². The Hall–Kier alpha value is -2.37. The van der Waals surface area contributed by atoms with Crippen LogP contribution in [0.25, 0.3) is 0 Å². The number of ether oxygens (including phenoxy) is 1. The second kappa shape index (κ2) is 6.18. The standard InChI is InChI=1S/C14H18N4O2/c1-4-15-12-6-5-11(8-16-12)9-18-13(19)7-10(2)17-14(18)20-3/h5-8H,4,9H2,1-3H3,(H,15,16). The minimum atomic E-state index is -0.134. The molecule has 0 saturated carbocycles. The predicted octanol–water partition coefficient (Wildman–Crippen LogP) is 1.44. The van der Waals surface area contributed by atoms with Crippen molar-refractivity contribution in [2.24, 2.45) is 0 Å². The number of methoxy groups -OCH3 is 1. The Kier molecular flexibility index (Phi) is 4.34. The second-order valence-corrected chi connectivity index (χ2v) is 4.39. The third kappa shape index (κ3) is 3.14. The Morgan fingerprint density at radius 3 is 2.80 bits per heavy atom. The number of hydrogen-bond donors (Lipinski definition) is 1. The van der Waals surface area contributed by atoms with Gasteiger partial charge in [-0.15, -0.1) is 0 Å². The molecule has 0 bridgehead atoms. The topological polar surface area (TPSA) is 69.0 Å². The summed E-state index contributed by atoms with van der Waals surface area (Å²) in [5, 5.41) is 3.12. The summed E-state index contributed by atoms with van der Waals surface area (Å²) < 4.78 is 6.64. The zero-order chi connectivity index (χ0) is 14.5. The number of hydrogen-bond acceptors (Lipinski definition) is 5. The largest absolute Gasteiger partial charge is 0.468 e. The molecule has 0 amide bonds. The molecule has 2 heterocycles. The molecule has 0 aromatic carbocycles. The molecule has 0 spiro atoms. The molecule has 2 aromatic heterocycles. The fraction of sp³-hybridized carbons (Fsp3) is 0.357. The summed E-state index contributed by atoms with van der Waals surface area (Å²) in [6, 6.07) is 5.61. The first-order valence-electron chi connectivity index (χ1n) is 6.45. The highest BCUT2D eigenvalue weighted by Crippen LogP contribution is 2.10. The minimum Gasteiger partial charge on any atom is -0.468 e. The molecule has 0 aliphatic rings. The first kappa shape index (κ1) is 14.0. The summed E-state index contributed by atoms with van der Waals surface area (Å²) in [4.78, 5) is 20.5. The molecular formula is C14H18N4O2. The van der Waals surface area contributed by atoms with Gasteiger partial charge in [0.05, 0.1) is 13.7 Å². The van der Waals surface area contributed by atoms with E-state index in [9.17, 15) is 4.79 Å². The van der Waals surface area contributed by atoms with Crippen LogP contribution in [0.1, 0.15) is 18.2 Å². The van der Waals surface area contributed by atoms with Crippen molar-refractivity contribution in [3.05, 3.63) is 46.0 Å². The zero-order valence-electron chi connectivity index (χ0n) is 11.9. The lowest BCUT2D eigenvalue weighted by Gasteiger charge is -2.11. The maximum absolute atomic E-state index is 12.0. The van der Waals surface area contributed by atoms with Crippen molar-refractivity contribution < 1.29 is 4.74 Å². The van der Waals surface area contributed by atoms with Crippen LogP contribution in [0.3, 0.4) is 0 Å². The minimum absolute atomic E-state index is 0.134. The zero-order valence-corrected chi connectivity index (χ0v) is 11.9. The van der Waals surface area contributed by atoms with Gasteiger partial charge in [0.25, 0.3) is 11.6 Å². The number of aryl methyl sites for hydroxylation is 1. The summed E-state index contributed by atoms with van der Waals surface area (Å²) in [6.07, 6.45) is 1.74. The van der Waals surface area contributed by atoms with Gasteiger partial charge >= 0.3 is 0 Å². The van der Waals surface area contributed by atoms with E-state index < -0.39 is 0 Å². The maximum Gasteiger partial charge on any atom is 0.299 e. The van der Waals surface area contributed by atoms with Crippen LogP contribution in [0.2, 0.25) is 0 Å². The van der Waals surface area contributed by atoms with Crippen LogP contribution in [-0.4, -0.2) is 28.2 Å². The highest BCUT2D eigenvalue weighted by atomic mass is 16.5. The molecule has 0 aliphatic carbocycles. The van der Waals surface area contributed by atoms with E-state index in [2.05, 4.69) is 15.3 Å². The molecule has 2 aromatic rings. The van der Waals surface area contributed by atoms with Gasteiger partial charge in [-0.1, -0.05) is 6.07 Å². The Bertz CT molecular complexity index is 635. The smallest absolute Gasteiger partial charge is 0.299 e. The fourth-order valence-electron chi connectivity index (χ4n) is 1.88. The lowest BCUT2D eigenvalue weighted by molar-refractivity contribution is 0.350. The third-order valence-electron chi connectivity index (χ3n) is 2.81. The molecule has 0 fully saturated rings. The van der Waals surface area contributed by atoms with Gasteiger partial charge in [0.1, 0.15) is 5.82 Å².